The van der Waals surface area contributed by atoms with E-state index < -0.39 is 0 Å². The van der Waals surface area contributed by atoms with Gasteiger partial charge in [0.15, 0.2) is 5.82 Å². The number of phenols is 1. The number of aryl methyl sites for hydroxylation is 1. The maximum Gasteiger partial charge on any atom is 0.173 e. The van der Waals surface area contributed by atoms with Crippen molar-refractivity contribution in [2.24, 2.45) is 0 Å². The number of aromatic nitrogens is 2. The van der Waals surface area contributed by atoms with E-state index >= 15 is 0 Å². The first-order valence-corrected chi connectivity index (χ1v) is 8.39. The lowest BCUT2D eigenvalue weighted by atomic mass is 10.0. The van der Waals surface area contributed by atoms with Crippen molar-refractivity contribution in [3.63, 3.8) is 0 Å². The first-order valence-electron chi connectivity index (χ1n) is 7.51. The van der Waals surface area contributed by atoms with Crippen LogP contribution >= 0.6 is 11.3 Å². The Morgan fingerprint density at radius 2 is 2.12 bits per heavy atom. The number of nitrogens with zero attached hydrogens (tertiary/aromatic N) is 2. The predicted molar refractivity (Wildman–Crippen MR) is 94.4 cm³/mol. The summed E-state index contributed by atoms with van der Waals surface area (Å²) in [5.74, 6) is 0.842. The Bertz CT molecular complexity index is 979. The summed E-state index contributed by atoms with van der Waals surface area (Å²) in [7, 11) is 0. The number of nitrogens with one attached hydrogen (secondary N) is 1. The lowest BCUT2D eigenvalue weighted by molar-refractivity contribution is 0.421. The number of anilines is 1. The third kappa shape index (κ3) is 2.51. The van der Waals surface area contributed by atoms with E-state index in [9.17, 15) is 5.11 Å². The first kappa shape index (κ1) is 14.7. The second-order valence-electron chi connectivity index (χ2n) is 5.52. The molecule has 0 fully saturated rings. The molecule has 0 saturated carbocycles. The van der Waals surface area contributed by atoms with Crippen LogP contribution in [0.3, 0.4) is 0 Å². The van der Waals surface area contributed by atoms with E-state index in [-0.39, 0.29) is 11.8 Å². The Labute approximate surface area is 142 Å². The van der Waals surface area contributed by atoms with Crippen LogP contribution in [0.15, 0.2) is 58.8 Å². The Morgan fingerprint density at radius 3 is 2.88 bits per heavy atom. The fourth-order valence-electron chi connectivity index (χ4n) is 2.70. The molecule has 0 aliphatic heterocycles. The molecule has 3 aromatic heterocycles. The molecule has 1 atom stereocenters. The molecule has 0 bridgehead atoms. The summed E-state index contributed by atoms with van der Waals surface area (Å²) in [6.45, 7) is 1.92. The van der Waals surface area contributed by atoms with Crippen molar-refractivity contribution in [2.45, 2.75) is 13.0 Å². The van der Waals surface area contributed by atoms with Gasteiger partial charge in [-0.1, -0.05) is 29.4 Å². The Morgan fingerprint density at radius 1 is 1.21 bits per heavy atom. The molecule has 24 heavy (non-hydrogen) atoms. The van der Waals surface area contributed by atoms with E-state index in [0.29, 0.717) is 11.3 Å². The standard InChI is InChI=1S/C18H15N3O2S/c1-11-10-23-21-18(11)20-16(14-5-3-9-24-14)13-7-6-12-4-2-8-19-15(12)17(13)22/h2-10,16,22H,1H3,(H,20,21)/t16-/m1/s1. The number of thiophene rings is 1. The number of benzene rings is 1. The number of rotatable bonds is 4. The highest BCUT2D eigenvalue weighted by molar-refractivity contribution is 7.10. The maximum absolute atomic E-state index is 10.8. The molecule has 5 nitrogen and oxygen atoms in total. The number of aromatic hydroxyl groups is 1. The van der Waals surface area contributed by atoms with Gasteiger partial charge < -0.3 is 14.9 Å². The van der Waals surface area contributed by atoms with Crippen molar-refractivity contribution in [1.29, 1.82) is 0 Å². The zero-order valence-corrected chi connectivity index (χ0v) is 13.7. The van der Waals surface area contributed by atoms with E-state index in [0.717, 1.165) is 21.4 Å². The molecule has 1 aromatic carbocycles. The summed E-state index contributed by atoms with van der Waals surface area (Å²) in [6, 6.07) is 11.5. The van der Waals surface area contributed by atoms with Crippen LogP contribution in [-0.4, -0.2) is 15.2 Å². The molecule has 6 heteroatoms. The van der Waals surface area contributed by atoms with Crippen LogP contribution in [0.5, 0.6) is 5.75 Å². The SMILES string of the molecule is Cc1conc1N[C@@H](c1cccs1)c1ccc2cccnc2c1O. The van der Waals surface area contributed by atoms with Crippen molar-refractivity contribution in [3.05, 3.63) is 70.2 Å². The van der Waals surface area contributed by atoms with Gasteiger partial charge in [-0.25, -0.2) is 0 Å². The van der Waals surface area contributed by atoms with Crippen LogP contribution < -0.4 is 5.32 Å². The van der Waals surface area contributed by atoms with E-state index in [1.807, 2.05) is 48.7 Å². The second kappa shape index (κ2) is 5.98. The normalized spacial score (nSPS) is 12.4. The van der Waals surface area contributed by atoms with E-state index in [2.05, 4.69) is 15.5 Å². The Kier molecular flexibility index (Phi) is 3.66. The monoisotopic (exact) mass is 337 g/mol. The molecule has 0 saturated heterocycles. The summed E-state index contributed by atoms with van der Waals surface area (Å²) < 4.78 is 5.02. The molecule has 4 rings (SSSR count). The fourth-order valence-corrected chi connectivity index (χ4v) is 3.49. The van der Waals surface area contributed by atoms with Crippen molar-refractivity contribution < 1.29 is 9.63 Å². The van der Waals surface area contributed by atoms with Crippen LogP contribution in [0.4, 0.5) is 5.82 Å². The number of hydrogen-bond acceptors (Lipinski definition) is 6. The fraction of sp³-hybridized carbons (Fsp3) is 0.111. The Hall–Kier alpha value is -2.86. The van der Waals surface area contributed by atoms with Gasteiger partial charge in [0.05, 0.1) is 6.04 Å². The smallest absolute Gasteiger partial charge is 0.173 e. The van der Waals surface area contributed by atoms with E-state index in [4.69, 9.17) is 4.52 Å². The Balaban J connectivity index is 1.85. The molecule has 2 N–H and O–H groups in total. The highest BCUT2D eigenvalue weighted by atomic mass is 32.1. The van der Waals surface area contributed by atoms with Gasteiger partial charge in [-0.3, -0.25) is 4.98 Å². The van der Waals surface area contributed by atoms with Crippen LogP contribution in [-0.2, 0) is 0 Å². The summed E-state index contributed by atoms with van der Waals surface area (Å²) >= 11 is 1.62. The second-order valence-corrected chi connectivity index (χ2v) is 6.50. The summed E-state index contributed by atoms with van der Waals surface area (Å²) in [4.78, 5) is 5.38. The molecule has 4 aromatic rings. The van der Waals surface area contributed by atoms with Crippen LogP contribution in [0.2, 0.25) is 0 Å². The molecule has 0 spiro atoms. The average Bonchev–Trinajstić information content (AvgIpc) is 3.26. The first-order chi connectivity index (χ1) is 11.7. The molecular weight excluding hydrogens is 322 g/mol. The minimum Gasteiger partial charge on any atom is -0.505 e. The number of phenolic OH excluding ortho intramolecular Hbond substituents is 1. The third-order valence-corrected chi connectivity index (χ3v) is 4.88. The quantitative estimate of drug-likeness (QED) is 0.574. The lowest BCUT2D eigenvalue weighted by Crippen LogP contribution is -2.12. The summed E-state index contributed by atoms with van der Waals surface area (Å²) in [6.07, 6.45) is 3.27. The molecule has 0 unspecified atom stereocenters. The zero-order valence-electron chi connectivity index (χ0n) is 12.9. The number of pyridine rings is 1. The molecule has 0 aliphatic carbocycles. The van der Waals surface area contributed by atoms with Crippen molar-refractivity contribution >= 4 is 28.1 Å². The van der Waals surface area contributed by atoms with Gasteiger partial charge in [0.25, 0.3) is 0 Å². The molecule has 0 aliphatic rings. The van der Waals surface area contributed by atoms with Crippen LogP contribution in [0, 0.1) is 6.92 Å². The van der Waals surface area contributed by atoms with Gasteiger partial charge in [0, 0.05) is 27.6 Å². The van der Waals surface area contributed by atoms with Gasteiger partial charge >= 0.3 is 0 Å². The van der Waals surface area contributed by atoms with Gasteiger partial charge in [0.1, 0.15) is 17.5 Å². The average molecular weight is 337 g/mol. The molecule has 0 amide bonds. The zero-order chi connectivity index (χ0) is 16.5. The van der Waals surface area contributed by atoms with Gasteiger partial charge in [-0.15, -0.1) is 11.3 Å². The maximum atomic E-state index is 10.8. The largest absolute Gasteiger partial charge is 0.505 e. The molecule has 0 radical (unpaired) electrons. The molecule has 120 valence electrons. The van der Waals surface area contributed by atoms with Gasteiger partial charge in [-0.05, 0) is 24.4 Å². The minimum atomic E-state index is -0.236. The summed E-state index contributed by atoms with van der Waals surface area (Å²) in [5.41, 5.74) is 2.26. The van der Waals surface area contributed by atoms with Crippen molar-refractivity contribution in [3.8, 4) is 5.75 Å². The highest BCUT2D eigenvalue weighted by Gasteiger charge is 2.22. The predicted octanol–water partition coefficient (Wildman–Crippen LogP) is 4.50. The summed E-state index contributed by atoms with van der Waals surface area (Å²) in [5, 5.41) is 21.1. The third-order valence-electron chi connectivity index (χ3n) is 3.95. The molecular formula is C18H15N3O2S. The van der Waals surface area contributed by atoms with Gasteiger partial charge in [0.2, 0.25) is 0 Å². The number of hydrogen-bond donors (Lipinski definition) is 2. The molecule has 3 heterocycles. The van der Waals surface area contributed by atoms with Crippen molar-refractivity contribution in [2.75, 3.05) is 5.32 Å². The van der Waals surface area contributed by atoms with Gasteiger partial charge in [-0.2, -0.15) is 0 Å². The van der Waals surface area contributed by atoms with E-state index in [1.54, 1.807) is 23.8 Å². The highest BCUT2D eigenvalue weighted by Crippen LogP contribution is 2.38. The van der Waals surface area contributed by atoms with Crippen LogP contribution in [0.25, 0.3) is 10.9 Å². The number of fused-ring (bicyclic) bond motifs is 1. The topological polar surface area (TPSA) is 71.2 Å². The lowest BCUT2D eigenvalue weighted by Gasteiger charge is -2.19. The van der Waals surface area contributed by atoms with Crippen LogP contribution in [0.1, 0.15) is 22.0 Å². The van der Waals surface area contributed by atoms with E-state index in [1.165, 1.54) is 0 Å². The van der Waals surface area contributed by atoms with Crippen molar-refractivity contribution in [1.82, 2.24) is 10.1 Å². The minimum absolute atomic E-state index is 0.181.